The van der Waals surface area contributed by atoms with E-state index in [1.807, 2.05) is 18.2 Å². The standard InChI is InChI=1S/C22H26Cl2N2O/c23-19-6-5-17(15-20(19)24)16-7-12-25(13-8-16)10-2-11-26-14-9-18-21(26)3-1-4-22(18)27/h5-6,9,14-16H,1-4,7-8,10-13H2. The normalized spacial score (nSPS) is 18.7. The van der Waals surface area contributed by atoms with E-state index in [-0.39, 0.29) is 0 Å². The molecule has 2 aliphatic rings. The number of Topliss-reactive ketones (excluding diaryl/α,β-unsaturated/α-hetero) is 1. The molecule has 0 bridgehead atoms. The molecule has 1 aromatic carbocycles. The highest BCUT2D eigenvalue weighted by Gasteiger charge is 2.22. The lowest BCUT2D eigenvalue weighted by molar-refractivity contribution is 0.0971. The molecule has 0 spiro atoms. The van der Waals surface area contributed by atoms with Gasteiger partial charge in [-0.05, 0) is 81.4 Å². The van der Waals surface area contributed by atoms with Gasteiger partial charge in [0.15, 0.2) is 5.78 Å². The molecular weight excluding hydrogens is 379 g/mol. The number of piperidine rings is 1. The van der Waals surface area contributed by atoms with Gasteiger partial charge in [-0.2, -0.15) is 0 Å². The van der Waals surface area contributed by atoms with Crippen molar-refractivity contribution in [3.05, 3.63) is 57.3 Å². The lowest BCUT2D eigenvalue weighted by Gasteiger charge is -2.32. The predicted octanol–water partition coefficient (Wildman–Crippen LogP) is 5.58. The minimum atomic E-state index is 0.319. The van der Waals surface area contributed by atoms with Gasteiger partial charge in [-0.1, -0.05) is 29.3 Å². The van der Waals surface area contributed by atoms with Crippen LogP contribution in [-0.2, 0) is 13.0 Å². The Morgan fingerprint density at radius 1 is 1.00 bits per heavy atom. The smallest absolute Gasteiger partial charge is 0.164 e. The average molecular weight is 405 g/mol. The lowest BCUT2D eigenvalue weighted by atomic mass is 9.89. The van der Waals surface area contributed by atoms with Crippen molar-refractivity contribution in [3.63, 3.8) is 0 Å². The fraction of sp³-hybridized carbons (Fsp3) is 0.500. The molecule has 0 atom stereocenters. The number of benzene rings is 1. The second kappa shape index (κ2) is 8.38. The minimum Gasteiger partial charge on any atom is -0.351 e. The summed E-state index contributed by atoms with van der Waals surface area (Å²) in [6.45, 7) is 4.39. The summed E-state index contributed by atoms with van der Waals surface area (Å²) in [4.78, 5) is 14.5. The third-order valence-corrected chi connectivity index (χ3v) is 6.81. The molecule has 1 aromatic heterocycles. The van der Waals surface area contributed by atoms with Crippen LogP contribution < -0.4 is 0 Å². The maximum Gasteiger partial charge on any atom is 0.164 e. The van der Waals surface area contributed by atoms with E-state index < -0.39 is 0 Å². The molecule has 5 heteroatoms. The van der Waals surface area contributed by atoms with Crippen molar-refractivity contribution >= 4 is 29.0 Å². The van der Waals surface area contributed by atoms with Crippen LogP contribution >= 0.6 is 23.2 Å². The van der Waals surface area contributed by atoms with Gasteiger partial charge < -0.3 is 9.47 Å². The summed E-state index contributed by atoms with van der Waals surface area (Å²) in [7, 11) is 0. The van der Waals surface area contributed by atoms with Crippen LogP contribution in [0.2, 0.25) is 10.0 Å². The highest BCUT2D eigenvalue weighted by molar-refractivity contribution is 6.42. The molecule has 144 valence electrons. The summed E-state index contributed by atoms with van der Waals surface area (Å²) in [6.07, 6.45) is 8.33. The Morgan fingerprint density at radius 3 is 2.59 bits per heavy atom. The molecule has 27 heavy (non-hydrogen) atoms. The second-order valence-corrected chi connectivity index (χ2v) is 8.60. The zero-order valence-electron chi connectivity index (χ0n) is 15.6. The van der Waals surface area contributed by atoms with E-state index in [2.05, 4.69) is 21.7 Å². The number of aryl methyl sites for hydroxylation is 1. The summed E-state index contributed by atoms with van der Waals surface area (Å²) < 4.78 is 2.30. The Hall–Kier alpha value is -1.29. The molecular formula is C22H26Cl2N2O. The molecule has 0 amide bonds. The quantitative estimate of drug-likeness (QED) is 0.649. The summed E-state index contributed by atoms with van der Waals surface area (Å²) in [5, 5.41) is 1.29. The van der Waals surface area contributed by atoms with E-state index in [1.165, 1.54) is 24.1 Å². The van der Waals surface area contributed by atoms with Gasteiger partial charge in [0, 0.05) is 30.4 Å². The van der Waals surface area contributed by atoms with Gasteiger partial charge in [0.1, 0.15) is 0 Å². The first-order chi connectivity index (χ1) is 13.1. The van der Waals surface area contributed by atoms with Crippen molar-refractivity contribution in [3.8, 4) is 0 Å². The van der Waals surface area contributed by atoms with Crippen LogP contribution in [0, 0.1) is 0 Å². The number of ketones is 1. The van der Waals surface area contributed by atoms with Crippen molar-refractivity contribution in [1.82, 2.24) is 9.47 Å². The molecule has 2 heterocycles. The Morgan fingerprint density at radius 2 is 1.81 bits per heavy atom. The molecule has 1 aliphatic heterocycles. The number of fused-ring (bicyclic) bond motifs is 1. The zero-order valence-corrected chi connectivity index (χ0v) is 17.1. The number of carbonyl (C=O) groups is 1. The number of hydrogen-bond acceptors (Lipinski definition) is 2. The molecule has 3 nitrogen and oxygen atoms in total. The molecule has 1 fully saturated rings. The van der Waals surface area contributed by atoms with Crippen molar-refractivity contribution in [1.29, 1.82) is 0 Å². The van der Waals surface area contributed by atoms with Crippen LogP contribution in [0.25, 0.3) is 0 Å². The Balaban J connectivity index is 1.25. The van der Waals surface area contributed by atoms with Crippen LogP contribution in [0.4, 0.5) is 0 Å². The molecule has 1 saturated heterocycles. The fourth-order valence-corrected chi connectivity index (χ4v) is 4.83. The first kappa shape index (κ1) is 19.0. The predicted molar refractivity (Wildman–Crippen MR) is 111 cm³/mol. The van der Waals surface area contributed by atoms with E-state index in [1.54, 1.807) is 0 Å². The third-order valence-electron chi connectivity index (χ3n) is 6.07. The highest BCUT2D eigenvalue weighted by Crippen LogP contribution is 2.32. The van der Waals surface area contributed by atoms with Gasteiger partial charge in [0.25, 0.3) is 0 Å². The van der Waals surface area contributed by atoms with Crippen molar-refractivity contribution in [2.75, 3.05) is 19.6 Å². The summed E-state index contributed by atoms with van der Waals surface area (Å²) in [6, 6.07) is 8.07. The number of hydrogen-bond donors (Lipinski definition) is 0. The van der Waals surface area contributed by atoms with Crippen LogP contribution in [0.1, 0.15) is 59.6 Å². The number of nitrogens with zero attached hydrogens (tertiary/aromatic N) is 2. The van der Waals surface area contributed by atoms with E-state index in [0.717, 1.165) is 51.0 Å². The van der Waals surface area contributed by atoms with Crippen LogP contribution in [-0.4, -0.2) is 34.9 Å². The van der Waals surface area contributed by atoms with Gasteiger partial charge in [0.2, 0.25) is 0 Å². The number of aromatic nitrogens is 1. The largest absolute Gasteiger partial charge is 0.351 e. The Bertz CT molecular complexity index is 822. The topological polar surface area (TPSA) is 25.2 Å². The number of carbonyl (C=O) groups excluding carboxylic acids is 1. The molecule has 4 rings (SSSR count). The molecule has 0 radical (unpaired) electrons. The fourth-order valence-electron chi connectivity index (χ4n) is 4.52. The number of rotatable bonds is 5. The Kier molecular flexibility index (Phi) is 5.91. The van der Waals surface area contributed by atoms with Crippen LogP contribution in [0.15, 0.2) is 30.5 Å². The monoisotopic (exact) mass is 404 g/mol. The average Bonchev–Trinajstić information content (AvgIpc) is 3.09. The van der Waals surface area contributed by atoms with Crippen molar-refractivity contribution in [2.24, 2.45) is 0 Å². The second-order valence-electron chi connectivity index (χ2n) is 7.79. The molecule has 0 unspecified atom stereocenters. The van der Waals surface area contributed by atoms with E-state index in [9.17, 15) is 4.79 Å². The molecule has 1 aliphatic carbocycles. The zero-order chi connectivity index (χ0) is 18.8. The van der Waals surface area contributed by atoms with Crippen molar-refractivity contribution < 1.29 is 4.79 Å². The SMILES string of the molecule is O=C1CCCc2c1ccn2CCCN1CCC(c2ccc(Cl)c(Cl)c2)CC1. The van der Waals surface area contributed by atoms with Gasteiger partial charge in [-0.15, -0.1) is 0 Å². The Labute approximate surface area is 171 Å². The number of likely N-dealkylation sites (tertiary alicyclic amines) is 1. The first-order valence-corrected chi connectivity index (χ1v) is 10.8. The van der Waals surface area contributed by atoms with Crippen LogP contribution in [0.3, 0.4) is 0 Å². The van der Waals surface area contributed by atoms with Crippen LogP contribution in [0.5, 0.6) is 0 Å². The number of halogens is 2. The van der Waals surface area contributed by atoms with Crippen molar-refractivity contribution in [2.45, 2.75) is 51.0 Å². The summed E-state index contributed by atoms with van der Waals surface area (Å²) in [5.41, 5.74) is 3.53. The van der Waals surface area contributed by atoms with Gasteiger partial charge >= 0.3 is 0 Å². The first-order valence-electron chi connectivity index (χ1n) is 10.0. The molecule has 2 aromatic rings. The van der Waals surface area contributed by atoms with Gasteiger partial charge in [0.05, 0.1) is 10.0 Å². The van der Waals surface area contributed by atoms with E-state index in [0.29, 0.717) is 28.2 Å². The van der Waals surface area contributed by atoms with Gasteiger partial charge in [-0.3, -0.25) is 4.79 Å². The maximum absolute atomic E-state index is 12.0. The minimum absolute atomic E-state index is 0.319. The lowest BCUT2D eigenvalue weighted by Crippen LogP contribution is -2.34. The summed E-state index contributed by atoms with van der Waals surface area (Å²) in [5.74, 6) is 0.901. The molecule has 0 N–H and O–H groups in total. The third kappa shape index (κ3) is 4.26. The van der Waals surface area contributed by atoms with Gasteiger partial charge in [-0.25, -0.2) is 0 Å². The highest BCUT2D eigenvalue weighted by atomic mass is 35.5. The molecule has 0 saturated carbocycles. The summed E-state index contributed by atoms with van der Waals surface area (Å²) >= 11 is 12.2. The van der Waals surface area contributed by atoms with E-state index in [4.69, 9.17) is 23.2 Å². The maximum atomic E-state index is 12.0. The van der Waals surface area contributed by atoms with E-state index >= 15 is 0 Å².